The van der Waals surface area contributed by atoms with E-state index in [4.69, 9.17) is 13.0 Å². The molecule has 0 saturated carbocycles. The van der Waals surface area contributed by atoms with E-state index in [0.29, 0.717) is 0 Å². The zero-order valence-electron chi connectivity index (χ0n) is 3.31. The van der Waals surface area contributed by atoms with Crippen LogP contribution in [0, 0.1) is 0 Å². The Labute approximate surface area is 108 Å². The molecule has 0 bridgehead atoms. The fraction of sp³-hybridized carbons (Fsp3) is 1.00. The summed E-state index contributed by atoms with van der Waals surface area (Å²) in [5.74, 6) is 0. The molecule has 9 heavy (non-hydrogen) atoms. The summed E-state index contributed by atoms with van der Waals surface area (Å²) in [4.78, 5) is 0. The standard InChI is InChI=1S/CHF3O3S.Cs.H/c2-1(3,4)8(5,6)7;;/h(H,5,6,7);;. The average molecular weight is 284 g/mol. The second-order valence-electron chi connectivity index (χ2n) is 0.921. The predicted molar refractivity (Wildman–Crippen MR) is 24.8 cm³/mol. The molecule has 0 aliphatic rings. The summed E-state index contributed by atoms with van der Waals surface area (Å²) in [6.45, 7) is 0. The molecule has 0 spiro atoms. The third kappa shape index (κ3) is 5.07. The van der Waals surface area contributed by atoms with E-state index in [-0.39, 0.29) is 68.9 Å². The number of hydrogen-bond acceptors (Lipinski definition) is 2. The van der Waals surface area contributed by atoms with Crippen molar-refractivity contribution in [3.05, 3.63) is 0 Å². The summed E-state index contributed by atoms with van der Waals surface area (Å²) in [5, 5.41) is 0. The molecule has 0 saturated heterocycles. The van der Waals surface area contributed by atoms with Crippen LogP contribution >= 0.6 is 0 Å². The second-order valence-corrected chi connectivity index (χ2v) is 2.33. The fourth-order valence-electron chi connectivity index (χ4n) is 0. The summed E-state index contributed by atoms with van der Waals surface area (Å²) in [5.41, 5.74) is -5.53. The Bertz CT molecular complexity index is 168. The van der Waals surface area contributed by atoms with Gasteiger partial charge in [-0.2, -0.15) is 21.6 Å². The molecule has 8 heteroatoms. The Morgan fingerprint density at radius 3 is 1.33 bits per heavy atom. The van der Waals surface area contributed by atoms with Crippen molar-refractivity contribution in [1.29, 1.82) is 0 Å². The van der Waals surface area contributed by atoms with Gasteiger partial charge in [-0.1, -0.05) is 0 Å². The van der Waals surface area contributed by atoms with Gasteiger partial charge >= 0.3 is 84.5 Å². The van der Waals surface area contributed by atoms with Crippen LogP contribution in [0.25, 0.3) is 0 Å². The van der Waals surface area contributed by atoms with E-state index in [1.807, 2.05) is 0 Å². The van der Waals surface area contributed by atoms with E-state index in [1.54, 1.807) is 0 Å². The topological polar surface area (TPSA) is 54.4 Å². The summed E-state index contributed by atoms with van der Waals surface area (Å²) in [6.07, 6.45) is 0. The fourth-order valence-corrected chi connectivity index (χ4v) is 0. The van der Waals surface area contributed by atoms with Crippen LogP contribution in [0.15, 0.2) is 0 Å². The summed E-state index contributed by atoms with van der Waals surface area (Å²) < 4.78 is 57.5. The summed E-state index contributed by atoms with van der Waals surface area (Å²) in [7, 11) is -5.84. The van der Waals surface area contributed by atoms with Crippen molar-refractivity contribution < 1.29 is 26.1 Å². The van der Waals surface area contributed by atoms with Crippen LogP contribution in [0.3, 0.4) is 0 Å². The monoisotopic (exact) mass is 284 g/mol. The van der Waals surface area contributed by atoms with Crippen LogP contribution in [-0.2, 0) is 10.1 Å². The van der Waals surface area contributed by atoms with E-state index >= 15 is 0 Å². The number of rotatable bonds is 0. The van der Waals surface area contributed by atoms with E-state index in [0.717, 1.165) is 0 Å². The average Bonchev–Trinajstić information content (AvgIpc) is 1.25. The van der Waals surface area contributed by atoms with E-state index in [9.17, 15) is 13.2 Å². The molecule has 1 N–H and O–H groups in total. The molecule has 0 aromatic carbocycles. The minimum atomic E-state index is -5.84. The maximum absolute atomic E-state index is 10.7. The molecule has 0 heterocycles. The van der Waals surface area contributed by atoms with Gasteiger partial charge in [0.1, 0.15) is 0 Å². The molecule has 0 rings (SSSR count). The third-order valence-corrected chi connectivity index (χ3v) is 0.877. The molecule has 0 aromatic heterocycles. The van der Waals surface area contributed by atoms with Gasteiger partial charge in [-0.25, -0.2) is 0 Å². The molecule has 0 atom stereocenters. The van der Waals surface area contributed by atoms with Crippen LogP contribution in [0.1, 0.15) is 0 Å². The SMILES string of the molecule is O=S(=O)(O)C(F)(F)F.[CsH]. The molecule has 0 amide bonds. The maximum atomic E-state index is 10.7. The van der Waals surface area contributed by atoms with Crippen molar-refractivity contribution in [2.24, 2.45) is 0 Å². The molecule has 52 valence electrons. The molecular formula is CH2CsF3O3S. The van der Waals surface area contributed by atoms with Crippen LogP contribution in [0.2, 0.25) is 0 Å². The molecule has 0 unspecified atom stereocenters. The van der Waals surface area contributed by atoms with Gasteiger partial charge in [0.15, 0.2) is 0 Å². The van der Waals surface area contributed by atoms with Crippen LogP contribution in [0.5, 0.6) is 0 Å². The summed E-state index contributed by atoms with van der Waals surface area (Å²) >= 11 is 0. The number of hydrogen-bond donors (Lipinski definition) is 1. The Balaban J connectivity index is 0. The van der Waals surface area contributed by atoms with Gasteiger partial charge in [-0.05, 0) is 0 Å². The van der Waals surface area contributed by atoms with Crippen LogP contribution in [0.4, 0.5) is 13.2 Å². The number of alkyl halides is 3. The van der Waals surface area contributed by atoms with Crippen molar-refractivity contribution in [2.75, 3.05) is 0 Å². The zero-order chi connectivity index (χ0) is 7.00. The first kappa shape index (κ1) is 13.3. The zero-order valence-corrected chi connectivity index (χ0v) is 4.12. The van der Waals surface area contributed by atoms with Gasteiger partial charge in [0.25, 0.3) is 0 Å². The normalized spacial score (nSPS) is 12.4. The molecule has 0 radical (unpaired) electrons. The first-order chi connectivity index (χ1) is 3.25. The van der Waals surface area contributed by atoms with Crippen LogP contribution < -0.4 is 0 Å². The Morgan fingerprint density at radius 1 is 1.22 bits per heavy atom. The molecule has 3 nitrogen and oxygen atoms in total. The van der Waals surface area contributed by atoms with Gasteiger partial charge in [-0.3, -0.25) is 4.55 Å². The van der Waals surface area contributed by atoms with Crippen molar-refractivity contribution in [1.82, 2.24) is 0 Å². The Kier molecular flexibility index (Phi) is 5.86. The Hall–Kier alpha value is 1.75. The van der Waals surface area contributed by atoms with Crippen molar-refractivity contribution in [2.45, 2.75) is 5.51 Å². The first-order valence-corrected chi connectivity index (χ1v) is 2.73. The minimum absolute atomic E-state index is 0. The van der Waals surface area contributed by atoms with Crippen LogP contribution in [-0.4, -0.2) is 87.4 Å². The molecule has 0 aliphatic carbocycles. The third-order valence-electron chi connectivity index (χ3n) is 0.292. The van der Waals surface area contributed by atoms with E-state index in [1.165, 1.54) is 0 Å². The molecule has 0 aromatic rings. The van der Waals surface area contributed by atoms with Gasteiger partial charge in [0.05, 0.1) is 0 Å². The van der Waals surface area contributed by atoms with Crippen molar-refractivity contribution in [3.8, 4) is 0 Å². The first-order valence-electron chi connectivity index (χ1n) is 1.29. The summed E-state index contributed by atoms with van der Waals surface area (Å²) in [6, 6.07) is 0. The predicted octanol–water partition coefficient (Wildman–Crippen LogP) is -0.254. The Morgan fingerprint density at radius 2 is 1.33 bits per heavy atom. The van der Waals surface area contributed by atoms with E-state index < -0.39 is 15.6 Å². The van der Waals surface area contributed by atoms with Gasteiger partial charge in [-0.15, -0.1) is 0 Å². The van der Waals surface area contributed by atoms with Gasteiger partial charge in [0.2, 0.25) is 0 Å². The van der Waals surface area contributed by atoms with E-state index in [2.05, 4.69) is 0 Å². The second kappa shape index (κ2) is 3.95. The van der Waals surface area contributed by atoms with Crippen molar-refractivity contribution >= 4 is 79.0 Å². The molecule has 0 aliphatic heterocycles. The number of halogens is 3. The quantitative estimate of drug-likeness (QED) is 0.493. The molecule has 0 fully saturated rings. The van der Waals surface area contributed by atoms with Gasteiger partial charge < -0.3 is 0 Å². The molecular weight excluding hydrogens is 282 g/mol. The van der Waals surface area contributed by atoms with Crippen molar-refractivity contribution in [3.63, 3.8) is 0 Å². The van der Waals surface area contributed by atoms with Gasteiger partial charge in [0, 0.05) is 0 Å².